The Morgan fingerprint density at radius 2 is 2.25 bits per heavy atom. The van der Waals surface area contributed by atoms with E-state index in [0.29, 0.717) is 5.69 Å². The molecule has 6 heteroatoms. The van der Waals surface area contributed by atoms with Crippen LogP contribution in [0.5, 0.6) is 0 Å². The Hall–Kier alpha value is -0.680. The van der Waals surface area contributed by atoms with Crippen LogP contribution in [-0.4, -0.2) is 18.4 Å². The molecule has 0 amide bonds. The molecule has 66 valence electrons. The van der Waals surface area contributed by atoms with Crippen molar-refractivity contribution in [2.45, 2.75) is 12.2 Å². The topological polar surface area (TPSA) is 59.9 Å². The molecule has 1 heterocycles. The molecule has 0 aromatic carbocycles. The van der Waals surface area contributed by atoms with Gasteiger partial charge in [-0.25, -0.2) is 18.4 Å². The van der Waals surface area contributed by atoms with E-state index in [2.05, 4.69) is 9.97 Å². The predicted molar refractivity (Wildman–Crippen MR) is 45.2 cm³/mol. The molecule has 0 fully saturated rings. The van der Waals surface area contributed by atoms with E-state index in [-0.39, 0.29) is 0 Å². The van der Waals surface area contributed by atoms with E-state index in [0.717, 1.165) is 0 Å². The highest BCUT2D eigenvalue weighted by Gasteiger charge is 2.20. The average molecular weight is 207 g/mol. The molecule has 12 heavy (non-hydrogen) atoms. The molecule has 4 nitrogen and oxygen atoms in total. The van der Waals surface area contributed by atoms with Crippen LogP contribution in [0.1, 0.15) is 17.9 Å². The molecule has 0 saturated heterocycles. The van der Waals surface area contributed by atoms with Crippen molar-refractivity contribution in [3.05, 3.63) is 24.3 Å². The van der Waals surface area contributed by atoms with E-state index in [9.17, 15) is 8.42 Å². The fraction of sp³-hybridized carbons (Fsp3) is 0.333. The van der Waals surface area contributed by atoms with Crippen LogP contribution in [0.25, 0.3) is 0 Å². The quantitative estimate of drug-likeness (QED) is 0.680. The summed E-state index contributed by atoms with van der Waals surface area (Å²) in [5.74, 6) is 0. The van der Waals surface area contributed by atoms with Gasteiger partial charge in [0.05, 0.1) is 5.69 Å². The van der Waals surface area contributed by atoms with Crippen molar-refractivity contribution < 1.29 is 8.42 Å². The summed E-state index contributed by atoms with van der Waals surface area (Å²) in [6.07, 6.45) is 2.76. The molecule has 0 aliphatic heterocycles. The second kappa shape index (κ2) is 3.37. The molecular formula is C6H7ClN2O2S. The predicted octanol–water partition coefficient (Wildman–Crippen LogP) is 1.11. The van der Waals surface area contributed by atoms with E-state index < -0.39 is 14.3 Å². The molecule has 0 aliphatic carbocycles. The molecular weight excluding hydrogens is 200 g/mol. The first-order valence-corrected chi connectivity index (χ1v) is 5.58. The molecule has 0 bridgehead atoms. The molecule has 1 unspecified atom stereocenters. The van der Waals surface area contributed by atoms with Gasteiger partial charge in [0.2, 0.25) is 9.05 Å². The zero-order valence-corrected chi connectivity index (χ0v) is 7.88. The molecule has 0 saturated carbocycles. The number of aromatic nitrogens is 2. The fourth-order valence-electron chi connectivity index (χ4n) is 0.686. The first-order chi connectivity index (χ1) is 5.52. The van der Waals surface area contributed by atoms with Gasteiger partial charge in [0.15, 0.2) is 0 Å². The van der Waals surface area contributed by atoms with Crippen LogP contribution in [0.3, 0.4) is 0 Å². The van der Waals surface area contributed by atoms with Gasteiger partial charge in [-0.1, -0.05) is 0 Å². The number of hydrogen-bond acceptors (Lipinski definition) is 4. The van der Waals surface area contributed by atoms with E-state index in [1.807, 2.05) is 0 Å². The van der Waals surface area contributed by atoms with E-state index in [4.69, 9.17) is 10.7 Å². The number of hydrogen-bond donors (Lipinski definition) is 0. The van der Waals surface area contributed by atoms with Crippen LogP contribution in [-0.2, 0) is 9.05 Å². The largest absolute Gasteiger partial charge is 0.245 e. The Labute approximate surface area is 75.0 Å². The van der Waals surface area contributed by atoms with Crippen molar-refractivity contribution >= 4 is 19.7 Å². The van der Waals surface area contributed by atoms with Crippen molar-refractivity contribution in [3.8, 4) is 0 Å². The molecule has 0 N–H and O–H groups in total. The zero-order chi connectivity index (χ0) is 9.19. The molecule has 1 atom stereocenters. The highest BCUT2D eigenvalue weighted by atomic mass is 35.7. The van der Waals surface area contributed by atoms with Gasteiger partial charge in [0.1, 0.15) is 11.6 Å². The minimum absolute atomic E-state index is 0.403. The third kappa shape index (κ3) is 2.15. The second-order valence-corrected chi connectivity index (χ2v) is 5.20. The first kappa shape index (κ1) is 9.41. The minimum Gasteiger partial charge on any atom is -0.245 e. The van der Waals surface area contributed by atoms with Crippen molar-refractivity contribution in [3.63, 3.8) is 0 Å². The maximum atomic E-state index is 10.8. The van der Waals surface area contributed by atoms with E-state index in [1.165, 1.54) is 25.5 Å². The standard InChI is InChI=1S/C6H7ClN2O2S/c1-5(12(7,10)11)6-2-3-8-4-9-6/h2-5H,1H3. The number of halogens is 1. The zero-order valence-electron chi connectivity index (χ0n) is 6.31. The van der Waals surface area contributed by atoms with Crippen LogP contribution in [0, 0.1) is 0 Å². The van der Waals surface area contributed by atoms with Gasteiger partial charge < -0.3 is 0 Å². The maximum Gasteiger partial charge on any atom is 0.240 e. The lowest BCUT2D eigenvalue weighted by atomic mass is 10.3. The SMILES string of the molecule is CC(c1ccncn1)S(=O)(=O)Cl. The molecule has 1 aromatic rings. The van der Waals surface area contributed by atoms with Crippen LogP contribution >= 0.6 is 10.7 Å². The monoisotopic (exact) mass is 206 g/mol. The average Bonchev–Trinajstić information content (AvgIpc) is 2.03. The fourth-order valence-corrected chi connectivity index (χ4v) is 1.39. The minimum atomic E-state index is -3.57. The van der Waals surface area contributed by atoms with Crippen LogP contribution in [0.15, 0.2) is 18.6 Å². The first-order valence-electron chi connectivity index (χ1n) is 3.21. The van der Waals surface area contributed by atoms with Gasteiger partial charge in [0, 0.05) is 16.9 Å². The summed E-state index contributed by atoms with van der Waals surface area (Å²) < 4.78 is 21.7. The molecule has 0 radical (unpaired) electrons. The van der Waals surface area contributed by atoms with Crippen molar-refractivity contribution in [2.24, 2.45) is 0 Å². The van der Waals surface area contributed by atoms with E-state index in [1.54, 1.807) is 0 Å². The Morgan fingerprint density at radius 1 is 1.58 bits per heavy atom. The third-order valence-corrected chi connectivity index (χ3v) is 3.33. The Bertz CT molecular complexity index is 351. The number of nitrogens with zero attached hydrogens (tertiary/aromatic N) is 2. The number of rotatable bonds is 2. The normalized spacial score (nSPS) is 14.2. The Kier molecular flexibility index (Phi) is 2.64. The summed E-state index contributed by atoms with van der Waals surface area (Å²) in [4.78, 5) is 7.43. The van der Waals surface area contributed by atoms with E-state index >= 15 is 0 Å². The van der Waals surface area contributed by atoms with Gasteiger partial charge in [0.25, 0.3) is 0 Å². The Balaban J connectivity index is 3.02. The summed E-state index contributed by atoms with van der Waals surface area (Å²) in [7, 11) is 1.56. The summed E-state index contributed by atoms with van der Waals surface area (Å²) in [6.45, 7) is 1.48. The second-order valence-electron chi connectivity index (χ2n) is 2.25. The van der Waals surface area contributed by atoms with Gasteiger partial charge in [-0.2, -0.15) is 0 Å². The van der Waals surface area contributed by atoms with Crippen molar-refractivity contribution in [1.82, 2.24) is 9.97 Å². The van der Waals surface area contributed by atoms with Gasteiger partial charge in [-0.05, 0) is 13.0 Å². The molecule has 0 aliphatic rings. The van der Waals surface area contributed by atoms with Crippen molar-refractivity contribution in [2.75, 3.05) is 0 Å². The van der Waals surface area contributed by atoms with Gasteiger partial charge in [-0.3, -0.25) is 0 Å². The molecule has 1 aromatic heterocycles. The smallest absolute Gasteiger partial charge is 0.240 e. The summed E-state index contributed by atoms with van der Waals surface area (Å²) >= 11 is 0. The lowest BCUT2D eigenvalue weighted by Gasteiger charge is -2.04. The van der Waals surface area contributed by atoms with Crippen LogP contribution in [0.4, 0.5) is 0 Å². The molecule has 1 rings (SSSR count). The van der Waals surface area contributed by atoms with Gasteiger partial charge in [-0.15, -0.1) is 0 Å². The Morgan fingerprint density at radius 3 is 2.67 bits per heavy atom. The summed E-state index contributed by atoms with van der Waals surface area (Å²) in [5, 5.41) is -0.790. The van der Waals surface area contributed by atoms with Crippen LogP contribution in [0.2, 0.25) is 0 Å². The maximum absolute atomic E-state index is 10.8. The highest BCUT2D eigenvalue weighted by molar-refractivity contribution is 8.13. The van der Waals surface area contributed by atoms with Crippen LogP contribution < -0.4 is 0 Å². The third-order valence-electron chi connectivity index (χ3n) is 1.44. The van der Waals surface area contributed by atoms with Crippen molar-refractivity contribution in [1.29, 1.82) is 0 Å². The van der Waals surface area contributed by atoms with Gasteiger partial charge >= 0.3 is 0 Å². The molecule has 0 spiro atoms. The highest BCUT2D eigenvalue weighted by Crippen LogP contribution is 2.21. The summed E-state index contributed by atoms with van der Waals surface area (Å²) in [6, 6.07) is 1.52. The summed E-state index contributed by atoms with van der Waals surface area (Å²) in [5.41, 5.74) is 0.403. The lowest BCUT2D eigenvalue weighted by Crippen LogP contribution is -2.04. The lowest BCUT2D eigenvalue weighted by molar-refractivity contribution is 0.599.